The minimum atomic E-state index is -0.397. The van der Waals surface area contributed by atoms with Crippen molar-refractivity contribution < 1.29 is 14.3 Å². The fourth-order valence-electron chi connectivity index (χ4n) is 3.60. The van der Waals surface area contributed by atoms with Crippen LogP contribution in [0.2, 0.25) is 0 Å². The van der Waals surface area contributed by atoms with Crippen molar-refractivity contribution in [2.75, 3.05) is 17.7 Å². The number of nitrogens with one attached hydrogen (secondary N) is 3. The number of anilines is 1. The van der Waals surface area contributed by atoms with Crippen LogP contribution in [0, 0.1) is 0 Å². The van der Waals surface area contributed by atoms with Crippen LogP contribution in [0.25, 0.3) is 0 Å². The Balaban J connectivity index is 1.91. The second-order valence-electron chi connectivity index (χ2n) is 7.77. The molecular formula is C18H25N5O3S2. The molecule has 3 rings (SSSR count). The van der Waals surface area contributed by atoms with Gasteiger partial charge in [0, 0.05) is 16.0 Å². The van der Waals surface area contributed by atoms with Gasteiger partial charge in [-0.05, 0) is 46.6 Å². The predicted octanol–water partition coefficient (Wildman–Crippen LogP) is 2.93. The van der Waals surface area contributed by atoms with Gasteiger partial charge in [-0.15, -0.1) is 11.3 Å². The molecule has 10 heteroatoms. The average Bonchev–Trinajstić information content (AvgIpc) is 3.19. The van der Waals surface area contributed by atoms with Gasteiger partial charge in [-0.25, -0.2) is 9.78 Å². The lowest BCUT2D eigenvalue weighted by molar-refractivity contribution is -0.113. The van der Waals surface area contributed by atoms with Gasteiger partial charge in [0.25, 0.3) is 0 Å². The number of amides is 1. The number of ether oxygens (including phenoxy) is 1. The smallest absolute Gasteiger partial charge is 0.341 e. The Bertz CT molecular complexity index is 874. The molecule has 28 heavy (non-hydrogen) atoms. The van der Waals surface area contributed by atoms with E-state index in [2.05, 4.69) is 53.5 Å². The Morgan fingerprint density at radius 1 is 1.36 bits per heavy atom. The van der Waals surface area contributed by atoms with Crippen molar-refractivity contribution in [3.8, 4) is 0 Å². The van der Waals surface area contributed by atoms with Gasteiger partial charge in [-0.3, -0.25) is 9.89 Å². The zero-order chi connectivity index (χ0) is 20.5. The molecular weight excluding hydrogens is 398 g/mol. The molecule has 1 aliphatic rings. The average molecular weight is 424 g/mol. The second kappa shape index (κ2) is 7.84. The van der Waals surface area contributed by atoms with Crippen molar-refractivity contribution in [2.45, 2.75) is 57.3 Å². The van der Waals surface area contributed by atoms with Gasteiger partial charge >= 0.3 is 5.97 Å². The van der Waals surface area contributed by atoms with E-state index in [1.165, 1.54) is 29.4 Å². The van der Waals surface area contributed by atoms with Gasteiger partial charge < -0.3 is 15.4 Å². The Kier molecular flexibility index (Phi) is 5.83. The van der Waals surface area contributed by atoms with Crippen molar-refractivity contribution in [1.82, 2.24) is 20.5 Å². The first-order chi connectivity index (χ1) is 13.1. The zero-order valence-electron chi connectivity index (χ0n) is 16.6. The van der Waals surface area contributed by atoms with Crippen LogP contribution >= 0.6 is 23.1 Å². The van der Waals surface area contributed by atoms with Gasteiger partial charge in [0.2, 0.25) is 5.91 Å². The number of esters is 1. The second-order valence-corrected chi connectivity index (χ2v) is 9.76. The third-order valence-corrected chi connectivity index (χ3v) is 6.66. The van der Waals surface area contributed by atoms with Crippen molar-refractivity contribution in [3.05, 3.63) is 22.3 Å². The van der Waals surface area contributed by atoms with E-state index < -0.39 is 5.97 Å². The number of thioether (sulfide) groups is 1. The molecule has 0 radical (unpaired) electrons. The first kappa shape index (κ1) is 20.8. The molecule has 0 aromatic carbocycles. The third-order valence-electron chi connectivity index (χ3n) is 4.31. The van der Waals surface area contributed by atoms with Crippen molar-refractivity contribution in [1.29, 1.82) is 0 Å². The van der Waals surface area contributed by atoms with Gasteiger partial charge in [0.05, 0.1) is 17.9 Å². The number of aromatic amines is 1. The Hall–Kier alpha value is -1.91. The summed E-state index contributed by atoms with van der Waals surface area (Å²) in [7, 11) is 0. The Labute approximate surface area is 172 Å². The minimum absolute atomic E-state index is 0.160. The Morgan fingerprint density at radius 3 is 2.75 bits per heavy atom. The van der Waals surface area contributed by atoms with Crippen LogP contribution in [0.1, 0.15) is 55.4 Å². The number of hydrogen-bond acceptors (Lipinski definition) is 8. The molecule has 0 fully saturated rings. The maximum absolute atomic E-state index is 12.7. The summed E-state index contributed by atoms with van der Waals surface area (Å²) in [6.45, 7) is 10.4. The number of hydrogen-bond donors (Lipinski definition) is 3. The SMILES string of the molecule is CCOC(=O)c1c(NC(=O)CSc2ncn[nH]2)sc2c1CC(C)(C)NC2(C)C. The summed E-state index contributed by atoms with van der Waals surface area (Å²) < 4.78 is 5.30. The summed E-state index contributed by atoms with van der Waals surface area (Å²) in [6.07, 6.45) is 2.07. The van der Waals surface area contributed by atoms with Crippen LogP contribution in [-0.4, -0.2) is 45.0 Å². The summed E-state index contributed by atoms with van der Waals surface area (Å²) in [5.74, 6) is -0.449. The molecule has 0 aliphatic carbocycles. The van der Waals surface area contributed by atoms with Crippen LogP contribution < -0.4 is 10.6 Å². The van der Waals surface area contributed by atoms with Crippen LogP contribution in [0.5, 0.6) is 0 Å². The number of carbonyl (C=O) groups excluding carboxylic acids is 2. The molecule has 0 saturated heterocycles. The number of thiophene rings is 1. The fourth-order valence-corrected chi connectivity index (χ4v) is 5.46. The zero-order valence-corrected chi connectivity index (χ0v) is 18.3. The molecule has 0 atom stereocenters. The molecule has 0 unspecified atom stereocenters. The van der Waals surface area contributed by atoms with Gasteiger partial charge in [-0.2, -0.15) is 5.10 Å². The van der Waals surface area contributed by atoms with Crippen LogP contribution in [-0.2, 0) is 21.5 Å². The predicted molar refractivity (Wildman–Crippen MR) is 110 cm³/mol. The molecule has 152 valence electrons. The van der Waals surface area contributed by atoms with Crippen LogP contribution in [0.3, 0.4) is 0 Å². The lowest BCUT2D eigenvalue weighted by Crippen LogP contribution is -2.55. The van der Waals surface area contributed by atoms with Gasteiger partial charge in [0.15, 0.2) is 5.16 Å². The van der Waals surface area contributed by atoms with E-state index in [4.69, 9.17) is 4.74 Å². The molecule has 0 saturated carbocycles. The quantitative estimate of drug-likeness (QED) is 0.484. The largest absolute Gasteiger partial charge is 0.462 e. The van der Waals surface area contributed by atoms with E-state index in [1.807, 2.05) is 0 Å². The van der Waals surface area contributed by atoms with E-state index in [0.717, 1.165) is 10.4 Å². The molecule has 2 aromatic rings. The third kappa shape index (κ3) is 4.39. The first-order valence-electron chi connectivity index (χ1n) is 9.03. The minimum Gasteiger partial charge on any atom is -0.462 e. The summed E-state index contributed by atoms with van der Waals surface area (Å²) >= 11 is 2.68. The molecule has 0 spiro atoms. The van der Waals surface area contributed by atoms with E-state index in [9.17, 15) is 9.59 Å². The number of H-pyrrole nitrogens is 1. The Morgan fingerprint density at radius 2 is 2.11 bits per heavy atom. The molecule has 0 bridgehead atoms. The van der Waals surface area contributed by atoms with E-state index in [1.54, 1.807) is 6.92 Å². The summed E-state index contributed by atoms with van der Waals surface area (Å²) in [5, 5.41) is 14.1. The lowest BCUT2D eigenvalue weighted by Gasteiger charge is -2.42. The van der Waals surface area contributed by atoms with Crippen LogP contribution in [0.15, 0.2) is 11.5 Å². The number of fused-ring (bicyclic) bond motifs is 1. The summed E-state index contributed by atoms with van der Waals surface area (Å²) in [5.41, 5.74) is 0.931. The molecule has 1 amide bonds. The summed E-state index contributed by atoms with van der Waals surface area (Å²) in [6, 6.07) is 0. The van der Waals surface area contributed by atoms with Crippen LogP contribution in [0.4, 0.5) is 5.00 Å². The maximum Gasteiger partial charge on any atom is 0.341 e. The van der Waals surface area contributed by atoms with E-state index in [0.29, 0.717) is 22.1 Å². The highest BCUT2D eigenvalue weighted by atomic mass is 32.2. The summed E-state index contributed by atoms with van der Waals surface area (Å²) in [4.78, 5) is 30.3. The molecule has 3 N–H and O–H groups in total. The number of aromatic nitrogens is 3. The standard InChI is InChI=1S/C18H25N5O3S2/c1-6-26-15(25)12-10-7-17(2,3)23-18(4,5)13(10)28-14(12)21-11(24)8-27-16-19-9-20-22-16/h9,23H,6-8H2,1-5H3,(H,21,24)(H,19,20,22). The van der Waals surface area contributed by atoms with Crippen molar-refractivity contribution in [2.24, 2.45) is 0 Å². The maximum atomic E-state index is 12.7. The highest BCUT2D eigenvalue weighted by Crippen LogP contribution is 2.45. The molecule has 2 aromatic heterocycles. The molecule has 3 heterocycles. The number of rotatable bonds is 6. The highest BCUT2D eigenvalue weighted by molar-refractivity contribution is 7.99. The van der Waals surface area contributed by atoms with Gasteiger partial charge in [0.1, 0.15) is 11.3 Å². The highest BCUT2D eigenvalue weighted by Gasteiger charge is 2.42. The van der Waals surface area contributed by atoms with Crippen molar-refractivity contribution in [3.63, 3.8) is 0 Å². The monoisotopic (exact) mass is 423 g/mol. The normalized spacial score (nSPS) is 17.0. The molecule has 8 nitrogen and oxygen atoms in total. The lowest BCUT2D eigenvalue weighted by atomic mass is 9.81. The number of nitrogens with zero attached hydrogens (tertiary/aromatic N) is 2. The first-order valence-corrected chi connectivity index (χ1v) is 10.8. The molecule has 1 aliphatic heterocycles. The van der Waals surface area contributed by atoms with E-state index >= 15 is 0 Å². The number of carbonyl (C=O) groups is 2. The van der Waals surface area contributed by atoms with E-state index in [-0.39, 0.29) is 29.3 Å². The fraction of sp³-hybridized carbons (Fsp3) is 0.556. The topological polar surface area (TPSA) is 109 Å². The van der Waals surface area contributed by atoms with Gasteiger partial charge in [-0.1, -0.05) is 11.8 Å². The van der Waals surface area contributed by atoms with Crippen molar-refractivity contribution >= 4 is 40.0 Å².